The number of hydrogen-bond donors (Lipinski definition) is 1. The molecule has 2 rings (SSSR count). The van der Waals surface area contributed by atoms with Crippen molar-refractivity contribution >= 4 is 37.3 Å². The van der Waals surface area contributed by atoms with Crippen LogP contribution in [0.25, 0.3) is 0 Å². The van der Waals surface area contributed by atoms with Gasteiger partial charge < -0.3 is 5.32 Å². The first-order valence-electron chi connectivity index (χ1n) is 7.40. The second kappa shape index (κ2) is 7.09. The van der Waals surface area contributed by atoms with Crippen molar-refractivity contribution in [3.8, 4) is 0 Å². The fourth-order valence-corrected chi connectivity index (χ4v) is 3.89. The van der Waals surface area contributed by atoms with Gasteiger partial charge in [0.1, 0.15) is 0 Å². The van der Waals surface area contributed by atoms with Crippen LogP contribution in [0.15, 0.2) is 45.9 Å². The molecule has 0 amide bonds. The van der Waals surface area contributed by atoms with Gasteiger partial charge in [-0.05, 0) is 51.1 Å². The second-order valence-electron chi connectivity index (χ2n) is 6.15. The Bertz CT molecular complexity index is 896. The van der Waals surface area contributed by atoms with Crippen LogP contribution in [-0.2, 0) is 9.84 Å². The van der Waals surface area contributed by atoms with Crippen LogP contribution in [0.2, 0.25) is 0 Å². The number of rotatable bonds is 6. The lowest BCUT2D eigenvalue weighted by Gasteiger charge is -2.25. The van der Waals surface area contributed by atoms with Gasteiger partial charge in [-0.25, -0.2) is 13.4 Å². The number of nitrogens with zero attached hydrogens (tertiary/aromatic N) is 2. The minimum atomic E-state index is -3.65. The summed E-state index contributed by atoms with van der Waals surface area (Å²) in [4.78, 5) is 14.9. The van der Waals surface area contributed by atoms with Gasteiger partial charge >= 0.3 is 5.69 Å². The van der Waals surface area contributed by atoms with Gasteiger partial charge in [-0.2, -0.15) is 0 Å². The summed E-state index contributed by atoms with van der Waals surface area (Å²) in [5.41, 5.74) is 0.301. The summed E-state index contributed by atoms with van der Waals surface area (Å²) < 4.78 is 25.3. The van der Waals surface area contributed by atoms with E-state index < -0.39 is 19.5 Å². The molecule has 0 aliphatic carbocycles. The number of aryl methyl sites for hydroxylation is 1. The Morgan fingerprint density at radius 1 is 1.24 bits per heavy atom. The Hall–Kier alpha value is -2.00. The third kappa shape index (κ3) is 3.98. The van der Waals surface area contributed by atoms with Crippen molar-refractivity contribution in [3.63, 3.8) is 0 Å². The van der Waals surface area contributed by atoms with Crippen molar-refractivity contribution in [2.45, 2.75) is 30.4 Å². The van der Waals surface area contributed by atoms with Crippen LogP contribution in [-0.4, -0.2) is 29.6 Å². The molecule has 0 aliphatic rings. The highest BCUT2D eigenvalue weighted by atomic mass is 79.9. The molecule has 0 aliphatic heterocycles. The number of halogens is 1. The normalized spacial score (nSPS) is 12.0. The SMILES string of the molecule is Cc1ccnc(NCC(C)(C)S(=O)(=O)c2ccc(Br)cc2)c1[N+](=O)[O-]. The van der Waals surface area contributed by atoms with Gasteiger partial charge in [0.2, 0.25) is 5.82 Å². The largest absolute Gasteiger partial charge is 0.363 e. The minimum absolute atomic E-state index is 0.0251. The molecule has 134 valence electrons. The fourth-order valence-electron chi connectivity index (χ4n) is 2.23. The molecular formula is C16H18BrN3O4S. The van der Waals surface area contributed by atoms with E-state index in [4.69, 9.17) is 0 Å². The lowest BCUT2D eigenvalue weighted by atomic mass is 10.2. The zero-order valence-corrected chi connectivity index (χ0v) is 16.4. The van der Waals surface area contributed by atoms with Crippen LogP contribution in [0.5, 0.6) is 0 Å². The molecular weight excluding hydrogens is 410 g/mol. The molecule has 9 heteroatoms. The number of nitro groups is 1. The number of nitrogens with one attached hydrogen (secondary N) is 1. The van der Waals surface area contributed by atoms with E-state index >= 15 is 0 Å². The van der Waals surface area contributed by atoms with Gasteiger partial charge in [0.15, 0.2) is 9.84 Å². The first kappa shape index (κ1) is 19.3. The summed E-state index contributed by atoms with van der Waals surface area (Å²) in [7, 11) is -3.65. The third-order valence-electron chi connectivity index (χ3n) is 3.84. The fraction of sp³-hybridized carbons (Fsp3) is 0.312. The predicted octanol–water partition coefficient (Wildman–Crippen LogP) is 3.73. The van der Waals surface area contributed by atoms with Crippen molar-refractivity contribution in [2.75, 3.05) is 11.9 Å². The summed E-state index contributed by atoms with van der Waals surface area (Å²) in [6.45, 7) is 4.72. The number of anilines is 1. The van der Waals surface area contributed by atoms with E-state index in [9.17, 15) is 18.5 Å². The van der Waals surface area contributed by atoms with Crippen molar-refractivity contribution in [1.29, 1.82) is 0 Å². The molecule has 1 heterocycles. The zero-order valence-electron chi connectivity index (χ0n) is 14.0. The Kier molecular flexibility index (Phi) is 5.48. The van der Waals surface area contributed by atoms with Crippen LogP contribution in [0.4, 0.5) is 11.5 Å². The summed E-state index contributed by atoms with van der Waals surface area (Å²) in [6.07, 6.45) is 1.45. The summed E-state index contributed by atoms with van der Waals surface area (Å²) in [6, 6.07) is 7.89. The van der Waals surface area contributed by atoms with Gasteiger partial charge in [0.05, 0.1) is 14.6 Å². The van der Waals surface area contributed by atoms with Gasteiger partial charge in [-0.15, -0.1) is 0 Å². The molecule has 1 N–H and O–H groups in total. The number of benzene rings is 1. The highest BCUT2D eigenvalue weighted by Crippen LogP contribution is 2.29. The van der Waals surface area contributed by atoms with Gasteiger partial charge in [0.25, 0.3) is 0 Å². The second-order valence-corrected chi connectivity index (χ2v) is 9.65. The molecule has 0 unspecified atom stereocenters. The number of sulfone groups is 1. The van der Waals surface area contributed by atoms with E-state index in [0.29, 0.717) is 5.56 Å². The topological polar surface area (TPSA) is 102 Å². The van der Waals surface area contributed by atoms with Crippen molar-refractivity contribution in [3.05, 3.63) is 56.7 Å². The molecule has 25 heavy (non-hydrogen) atoms. The molecule has 0 bridgehead atoms. The van der Waals surface area contributed by atoms with Crippen LogP contribution < -0.4 is 5.32 Å². The maximum atomic E-state index is 12.9. The molecule has 0 atom stereocenters. The van der Waals surface area contributed by atoms with Crippen LogP contribution >= 0.6 is 15.9 Å². The first-order chi connectivity index (χ1) is 11.6. The first-order valence-corrected chi connectivity index (χ1v) is 9.68. The van der Waals surface area contributed by atoms with E-state index in [-0.39, 0.29) is 22.9 Å². The van der Waals surface area contributed by atoms with Gasteiger partial charge in [0, 0.05) is 22.8 Å². The highest BCUT2D eigenvalue weighted by molar-refractivity contribution is 9.10. The molecule has 0 saturated heterocycles. The van der Waals surface area contributed by atoms with E-state index in [1.807, 2.05) is 0 Å². The highest BCUT2D eigenvalue weighted by Gasteiger charge is 2.36. The average Bonchev–Trinajstić information content (AvgIpc) is 2.53. The van der Waals surface area contributed by atoms with Crippen LogP contribution in [0.1, 0.15) is 19.4 Å². The number of pyridine rings is 1. The van der Waals surface area contributed by atoms with E-state index in [1.165, 1.54) is 24.4 Å². The lowest BCUT2D eigenvalue weighted by molar-refractivity contribution is -0.384. The standard InChI is InChI=1S/C16H18BrN3O4S/c1-11-8-9-18-15(14(11)20(21)22)19-10-16(2,3)25(23,24)13-6-4-12(17)5-7-13/h4-9H,10H2,1-3H3,(H,18,19). The predicted molar refractivity (Wildman–Crippen MR) is 99.5 cm³/mol. The Morgan fingerprint density at radius 2 is 1.84 bits per heavy atom. The smallest absolute Gasteiger partial charge is 0.314 e. The van der Waals surface area contributed by atoms with Crippen molar-refractivity contribution in [2.24, 2.45) is 0 Å². The summed E-state index contributed by atoms with van der Waals surface area (Å²) in [5, 5.41) is 14.0. The van der Waals surface area contributed by atoms with Crippen molar-refractivity contribution < 1.29 is 13.3 Å². The Morgan fingerprint density at radius 3 is 2.40 bits per heavy atom. The van der Waals surface area contributed by atoms with Crippen molar-refractivity contribution in [1.82, 2.24) is 4.98 Å². The number of aromatic nitrogens is 1. The van der Waals surface area contributed by atoms with E-state index in [0.717, 1.165) is 4.47 Å². The molecule has 7 nitrogen and oxygen atoms in total. The van der Waals surface area contributed by atoms with Gasteiger partial charge in [-0.3, -0.25) is 10.1 Å². The van der Waals surface area contributed by atoms with E-state index in [2.05, 4.69) is 26.2 Å². The average molecular weight is 428 g/mol. The maximum absolute atomic E-state index is 12.9. The van der Waals surface area contributed by atoms with Crippen LogP contribution in [0, 0.1) is 17.0 Å². The molecule has 1 aromatic heterocycles. The molecule has 0 saturated carbocycles. The van der Waals surface area contributed by atoms with E-state index in [1.54, 1.807) is 32.9 Å². The van der Waals surface area contributed by atoms with Gasteiger partial charge in [-0.1, -0.05) is 15.9 Å². The monoisotopic (exact) mass is 427 g/mol. The zero-order chi connectivity index (χ0) is 18.8. The molecule has 0 radical (unpaired) electrons. The quantitative estimate of drug-likeness (QED) is 0.556. The third-order valence-corrected chi connectivity index (χ3v) is 6.86. The molecule has 2 aromatic rings. The number of hydrogen-bond acceptors (Lipinski definition) is 6. The Labute approximate surface area is 154 Å². The summed E-state index contributed by atoms with van der Waals surface area (Å²) in [5.74, 6) is 0.0593. The minimum Gasteiger partial charge on any atom is -0.363 e. The van der Waals surface area contributed by atoms with Crippen LogP contribution in [0.3, 0.4) is 0 Å². The summed E-state index contributed by atoms with van der Waals surface area (Å²) >= 11 is 3.27. The maximum Gasteiger partial charge on any atom is 0.314 e. The lowest BCUT2D eigenvalue weighted by Crippen LogP contribution is -2.39. The Balaban J connectivity index is 2.29. The molecule has 0 spiro atoms. The molecule has 1 aromatic carbocycles. The molecule has 0 fully saturated rings.